The molecule has 84 valence electrons. The van der Waals surface area contributed by atoms with Gasteiger partial charge in [-0.25, -0.2) is 8.78 Å². The summed E-state index contributed by atoms with van der Waals surface area (Å²) in [5.41, 5.74) is 7.05. The van der Waals surface area contributed by atoms with Gasteiger partial charge in [0.25, 0.3) is 0 Å². The van der Waals surface area contributed by atoms with Crippen molar-refractivity contribution in [2.75, 3.05) is 0 Å². The van der Waals surface area contributed by atoms with E-state index >= 15 is 0 Å². The lowest BCUT2D eigenvalue weighted by atomic mass is 10.0. The summed E-state index contributed by atoms with van der Waals surface area (Å²) in [5, 5.41) is 0. The molecule has 2 N–H and O–H groups in total. The number of nitrogens with two attached hydrogens (primary N) is 1. The van der Waals surface area contributed by atoms with Gasteiger partial charge in [0, 0.05) is 17.7 Å². The number of halogens is 2. The minimum Gasteiger partial charge on any atom is -0.472 e. The Balaban J connectivity index is 2.15. The number of furan rings is 1. The largest absolute Gasteiger partial charge is 0.472 e. The first-order chi connectivity index (χ1) is 7.66. The predicted molar refractivity (Wildman–Crippen MR) is 55.7 cm³/mol. The van der Waals surface area contributed by atoms with Gasteiger partial charge in [0.05, 0.1) is 12.5 Å². The van der Waals surface area contributed by atoms with Gasteiger partial charge in [0.15, 0.2) is 0 Å². The van der Waals surface area contributed by atoms with Crippen LogP contribution in [0.15, 0.2) is 41.2 Å². The molecule has 0 radical (unpaired) electrons. The van der Waals surface area contributed by atoms with Crippen LogP contribution in [0.1, 0.15) is 17.2 Å². The van der Waals surface area contributed by atoms with Gasteiger partial charge in [0.2, 0.25) is 0 Å². The molecule has 0 saturated heterocycles. The van der Waals surface area contributed by atoms with Gasteiger partial charge < -0.3 is 10.2 Å². The molecule has 2 aromatic rings. The van der Waals surface area contributed by atoms with Crippen LogP contribution in [0, 0.1) is 11.6 Å². The monoisotopic (exact) mass is 223 g/mol. The Morgan fingerprint density at radius 1 is 1.25 bits per heavy atom. The molecular weight excluding hydrogens is 212 g/mol. The van der Waals surface area contributed by atoms with Crippen molar-refractivity contribution in [3.05, 3.63) is 59.6 Å². The quantitative estimate of drug-likeness (QED) is 0.868. The molecule has 0 aliphatic rings. The van der Waals surface area contributed by atoms with Crippen LogP contribution in [0.5, 0.6) is 0 Å². The topological polar surface area (TPSA) is 39.2 Å². The van der Waals surface area contributed by atoms with E-state index in [0.29, 0.717) is 12.0 Å². The summed E-state index contributed by atoms with van der Waals surface area (Å²) in [6.07, 6.45) is 3.34. The van der Waals surface area contributed by atoms with Gasteiger partial charge in [-0.15, -0.1) is 0 Å². The molecule has 1 aromatic heterocycles. The maximum Gasteiger partial charge on any atom is 0.129 e. The molecule has 0 saturated carbocycles. The summed E-state index contributed by atoms with van der Waals surface area (Å²) in [7, 11) is 0. The summed E-state index contributed by atoms with van der Waals surface area (Å²) in [6, 6.07) is 4.87. The molecule has 1 unspecified atom stereocenters. The van der Waals surface area contributed by atoms with E-state index in [0.717, 1.165) is 11.6 Å². The summed E-state index contributed by atoms with van der Waals surface area (Å²) in [5.74, 6) is -1.16. The fraction of sp³-hybridized carbons (Fsp3) is 0.167. The lowest BCUT2D eigenvalue weighted by Gasteiger charge is -2.10. The lowest BCUT2D eigenvalue weighted by Crippen LogP contribution is -2.13. The molecule has 1 atom stereocenters. The van der Waals surface area contributed by atoms with E-state index in [9.17, 15) is 8.78 Å². The highest BCUT2D eigenvalue weighted by atomic mass is 19.1. The second-order valence-electron chi connectivity index (χ2n) is 3.60. The molecule has 0 amide bonds. The molecule has 2 nitrogen and oxygen atoms in total. The maximum absolute atomic E-state index is 13.3. The highest BCUT2D eigenvalue weighted by Crippen LogP contribution is 2.19. The maximum atomic E-state index is 13.3. The van der Waals surface area contributed by atoms with Crippen molar-refractivity contribution in [1.29, 1.82) is 0 Å². The predicted octanol–water partition coefficient (Wildman–Crippen LogP) is 2.80. The third-order valence-electron chi connectivity index (χ3n) is 2.43. The SMILES string of the molecule is NC(Cc1ccc(F)cc1F)c1ccoc1. The standard InChI is InChI=1S/C12H11F2NO/c13-10-2-1-8(11(14)6-10)5-12(15)9-3-4-16-7-9/h1-4,6-7,12H,5,15H2. The molecular formula is C12H11F2NO. The molecule has 0 aliphatic heterocycles. The molecule has 1 aromatic carbocycles. The molecule has 0 fully saturated rings. The summed E-state index contributed by atoms with van der Waals surface area (Å²) in [6.45, 7) is 0. The number of benzene rings is 1. The summed E-state index contributed by atoms with van der Waals surface area (Å²) < 4.78 is 30.9. The minimum absolute atomic E-state index is 0.311. The van der Waals surface area contributed by atoms with Crippen molar-refractivity contribution in [2.45, 2.75) is 12.5 Å². The Morgan fingerprint density at radius 3 is 2.69 bits per heavy atom. The molecule has 0 aliphatic carbocycles. The zero-order valence-electron chi connectivity index (χ0n) is 8.49. The Bertz CT molecular complexity index is 468. The molecule has 16 heavy (non-hydrogen) atoms. The van der Waals surface area contributed by atoms with E-state index in [-0.39, 0.29) is 6.04 Å². The molecule has 1 heterocycles. The van der Waals surface area contributed by atoms with Crippen LogP contribution in [0.25, 0.3) is 0 Å². The van der Waals surface area contributed by atoms with Gasteiger partial charge in [-0.05, 0) is 24.1 Å². The minimum atomic E-state index is -0.585. The Kier molecular flexibility index (Phi) is 3.01. The van der Waals surface area contributed by atoms with E-state index in [1.54, 1.807) is 6.07 Å². The van der Waals surface area contributed by atoms with Crippen LogP contribution < -0.4 is 5.73 Å². The highest BCUT2D eigenvalue weighted by molar-refractivity contribution is 5.22. The average molecular weight is 223 g/mol. The summed E-state index contributed by atoms with van der Waals surface area (Å²) >= 11 is 0. The van der Waals surface area contributed by atoms with Crippen molar-refractivity contribution in [3.8, 4) is 0 Å². The van der Waals surface area contributed by atoms with E-state index in [4.69, 9.17) is 10.2 Å². The van der Waals surface area contributed by atoms with E-state index < -0.39 is 11.6 Å². The second kappa shape index (κ2) is 4.45. The van der Waals surface area contributed by atoms with Crippen molar-refractivity contribution in [2.24, 2.45) is 5.73 Å². The highest BCUT2D eigenvalue weighted by Gasteiger charge is 2.11. The first-order valence-corrected chi connectivity index (χ1v) is 4.88. The Labute approximate surface area is 91.7 Å². The molecule has 0 bridgehead atoms. The first-order valence-electron chi connectivity index (χ1n) is 4.88. The van der Waals surface area contributed by atoms with Crippen molar-refractivity contribution in [3.63, 3.8) is 0 Å². The normalized spacial score (nSPS) is 12.7. The van der Waals surface area contributed by atoms with Crippen LogP contribution in [-0.2, 0) is 6.42 Å². The van der Waals surface area contributed by atoms with E-state index in [1.807, 2.05) is 0 Å². The molecule has 4 heteroatoms. The van der Waals surface area contributed by atoms with Crippen molar-refractivity contribution < 1.29 is 13.2 Å². The summed E-state index contributed by atoms with van der Waals surface area (Å²) in [4.78, 5) is 0. The molecule has 0 spiro atoms. The van der Waals surface area contributed by atoms with Crippen molar-refractivity contribution in [1.82, 2.24) is 0 Å². The fourth-order valence-electron chi connectivity index (χ4n) is 1.53. The average Bonchev–Trinajstić information content (AvgIpc) is 2.75. The van der Waals surface area contributed by atoms with Crippen LogP contribution in [-0.4, -0.2) is 0 Å². The van der Waals surface area contributed by atoms with Crippen LogP contribution in [0.3, 0.4) is 0 Å². The number of rotatable bonds is 3. The molecule has 2 rings (SSSR count). The zero-order chi connectivity index (χ0) is 11.5. The van der Waals surface area contributed by atoms with Gasteiger partial charge >= 0.3 is 0 Å². The fourth-order valence-corrected chi connectivity index (χ4v) is 1.53. The lowest BCUT2D eigenvalue weighted by molar-refractivity contribution is 0.550. The second-order valence-corrected chi connectivity index (χ2v) is 3.60. The van der Waals surface area contributed by atoms with Crippen molar-refractivity contribution >= 4 is 0 Å². The Morgan fingerprint density at radius 2 is 2.06 bits per heavy atom. The van der Waals surface area contributed by atoms with E-state index in [1.165, 1.54) is 24.7 Å². The van der Waals surface area contributed by atoms with Crippen LogP contribution >= 0.6 is 0 Å². The zero-order valence-corrected chi connectivity index (χ0v) is 8.49. The van der Waals surface area contributed by atoms with Gasteiger partial charge in [0.1, 0.15) is 11.6 Å². The van der Waals surface area contributed by atoms with Gasteiger partial charge in [-0.2, -0.15) is 0 Å². The van der Waals surface area contributed by atoms with Crippen LogP contribution in [0.4, 0.5) is 8.78 Å². The smallest absolute Gasteiger partial charge is 0.129 e. The van der Waals surface area contributed by atoms with Gasteiger partial charge in [-0.3, -0.25) is 0 Å². The third-order valence-corrected chi connectivity index (χ3v) is 2.43. The number of hydrogen-bond donors (Lipinski definition) is 1. The van der Waals surface area contributed by atoms with E-state index in [2.05, 4.69) is 0 Å². The Hall–Kier alpha value is -1.68. The van der Waals surface area contributed by atoms with Crippen LogP contribution in [0.2, 0.25) is 0 Å². The van der Waals surface area contributed by atoms with Gasteiger partial charge in [-0.1, -0.05) is 6.07 Å². The third kappa shape index (κ3) is 2.28. The first kappa shape index (κ1) is 10.8. The number of hydrogen-bond acceptors (Lipinski definition) is 2.